The Bertz CT molecular complexity index is 231. The molecule has 2 unspecified atom stereocenters. The van der Waals surface area contributed by atoms with E-state index in [0.29, 0.717) is 6.42 Å². The van der Waals surface area contributed by atoms with Gasteiger partial charge in [0.15, 0.2) is 0 Å². The smallest absolute Gasteiger partial charge is 0.239 e. The van der Waals surface area contributed by atoms with Crippen LogP contribution in [-0.2, 0) is 9.59 Å². The van der Waals surface area contributed by atoms with Crippen LogP contribution >= 0.6 is 0 Å². The van der Waals surface area contributed by atoms with Crippen molar-refractivity contribution in [2.75, 3.05) is 13.2 Å². The summed E-state index contributed by atoms with van der Waals surface area (Å²) in [5.41, 5.74) is 0. The molecule has 0 radical (unpaired) electrons. The first kappa shape index (κ1) is 14.9. The molecular formula is C11H22N2O3. The lowest BCUT2D eigenvalue weighted by Crippen LogP contribution is -2.43. The van der Waals surface area contributed by atoms with E-state index in [9.17, 15) is 9.59 Å². The van der Waals surface area contributed by atoms with Gasteiger partial charge in [-0.3, -0.25) is 9.59 Å². The Kier molecular flexibility index (Phi) is 7.54. The van der Waals surface area contributed by atoms with Crippen LogP contribution in [0.4, 0.5) is 0 Å². The van der Waals surface area contributed by atoms with E-state index in [0.717, 1.165) is 6.42 Å². The monoisotopic (exact) mass is 230 g/mol. The van der Waals surface area contributed by atoms with Crippen LogP contribution in [0.5, 0.6) is 0 Å². The summed E-state index contributed by atoms with van der Waals surface area (Å²) in [5.74, 6) is -0.326. The van der Waals surface area contributed by atoms with Gasteiger partial charge in [-0.05, 0) is 19.3 Å². The second-order valence-electron chi connectivity index (χ2n) is 4.04. The predicted molar refractivity (Wildman–Crippen MR) is 61.8 cm³/mol. The molecule has 0 aromatic heterocycles. The molecular weight excluding hydrogens is 208 g/mol. The normalized spacial score (nSPS) is 14.0. The van der Waals surface area contributed by atoms with Gasteiger partial charge in [0.05, 0.1) is 6.54 Å². The number of amides is 2. The summed E-state index contributed by atoms with van der Waals surface area (Å²) in [6.45, 7) is 5.61. The van der Waals surface area contributed by atoms with Gasteiger partial charge in [0, 0.05) is 19.1 Å². The molecule has 2 amide bonds. The molecule has 0 aliphatic rings. The molecule has 0 spiro atoms. The molecule has 0 bridgehead atoms. The quantitative estimate of drug-likeness (QED) is 0.577. The van der Waals surface area contributed by atoms with Gasteiger partial charge < -0.3 is 15.7 Å². The molecule has 2 atom stereocenters. The van der Waals surface area contributed by atoms with E-state index in [2.05, 4.69) is 10.6 Å². The van der Waals surface area contributed by atoms with Crippen molar-refractivity contribution in [1.29, 1.82) is 0 Å². The van der Waals surface area contributed by atoms with Gasteiger partial charge in [-0.15, -0.1) is 0 Å². The number of carbonyl (C=O) groups excluding carboxylic acids is 2. The van der Waals surface area contributed by atoms with E-state index < -0.39 is 0 Å². The van der Waals surface area contributed by atoms with Crippen LogP contribution < -0.4 is 10.6 Å². The zero-order valence-electron chi connectivity index (χ0n) is 10.2. The third kappa shape index (κ3) is 6.40. The van der Waals surface area contributed by atoms with E-state index in [-0.39, 0.29) is 36.9 Å². The van der Waals surface area contributed by atoms with Crippen molar-refractivity contribution in [3.8, 4) is 0 Å². The zero-order chi connectivity index (χ0) is 12.6. The minimum Gasteiger partial charge on any atom is -0.396 e. The standard InChI is InChI=1S/C11H22N2O3/c1-4-5-10(15)12-6-11(16)13-9(3)8(2)7-14/h8-9,14H,4-7H2,1-3H3,(H,12,15)(H,13,16). The van der Waals surface area contributed by atoms with Gasteiger partial charge in [0.2, 0.25) is 11.8 Å². The molecule has 16 heavy (non-hydrogen) atoms. The molecule has 0 saturated heterocycles. The van der Waals surface area contributed by atoms with Crippen molar-refractivity contribution in [3.63, 3.8) is 0 Å². The second-order valence-corrected chi connectivity index (χ2v) is 4.04. The summed E-state index contributed by atoms with van der Waals surface area (Å²) >= 11 is 0. The van der Waals surface area contributed by atoms with Crippen molar-refractivity contribution in [2.45, 2.75) is 39.7 Å². The number of aliphatic hydroxyl groups is 1. The average Bonchev–Trinajstić information content (AvgIpc) is 2.25. The fourth-order valence-electron chi connectivity index (χ4n) is 1.10. The number of aliphatic hydroxyl groups excluding tert-OH is 1. The lowest BCUT2D eigenvalue weighted by atomic mass is 10.1. The minimum absolute atomic E-state index is 0.00131. The maximum atomic E-state index is 11.4. The summed E-state index contributed by atoms with van der Waals surface area (Å²) in [5, 5.41) is 14.1. The topological polar surface area (TPSA) is 78.4 Å². The lowest BCUT2D eigenvalue weighted by molar-refractivity contribution is -0.126. The number of rotatable bonds is 7. The van der Waals surface area contributed by atoms with Crippen LogP contribution in [0, 0.1) is 5.92 Å². The van der Waals surface area contributed by atoms with Crippen molar-refractivity contribution in [2.24, 2.45) is 5.92 Å². The van der Waals surface area contributed by atoms with Gasteiger partial charge in [0.1, 0.15) is 0 Å². The Morgan fingerprint density at radius 3 is 2.38 bits per heavy atom. The molecule has 5 nitrogen and oxygen atoms in total. The van der Waals surface area contributed by atoms with Gasteiger partial charge in [0.25, 0.3) is 0 Å². The fraction of sp³-hybridized carbons (Fsp3) is 0.818. The number of nitrogens with one attached hydrogen (secondary N) is 2. The highest BCUT2D eigenvalue weighted by Crippen LogP contribution is 1.99. The maximum Gasteiger partial charge on any atom is 0.239 e. The molecule has 3 N–H and O–H groups in total. The SMILES string of the molecule is CCCC(=O)NCC(=O)NC(C)C(C)CO. The first-order valence-electron chi connectivity index (χ1n) is 5.68. The van der Waals surface area contributed by atoms with Crippen molar-refractivity contribution < 1.29 is 14.7 Å². The van der Waals surface area contributed by atoms with E-state index in [1.54, 1.807) is 0 Å². The third-order valence-electron chi connectivity index (χ3n) is 2.45. The average molecular weight is 230 g/mol. The van der Waals surface area contributed by atoms with Crippen LogP contribution in [0.1, 0.15) is 33.6 Å². The van der Waals surface area contributed by atoms with Gasteiger partial charge >= 0.3 is 0 Å². The van der Waals surface area contributed by atoms with E-state index >= 15 is 0 Å². The Morgan fingerprint density at radius 2 is 1.88 bits per heavy atom. The predicted octanol–water partition coefficient (Wildman–Crippen LogP) is 0.0358. The first-order valence-corrected chi connectivity index (χ1v) is 5.68. The minimum atomic E-state index is -0.225. The fourth-order valence-corrected chi connectivity index (χ4v) is 1.10. The number of carbonyl (C=O) groups is 2. The van der Waals surface area contributed by atoms with E-state index in [1.807, 2.05) is 20.8 Å². The largest absolute Gasteiger partial charge is 0.396 e. The zero-order valence-corrected chi connectivity index (χ0v) is 10.2. The Morgan fingerprint density at radius 1 is 1.25 bits per heavy atom. The van der Waals surface area contributed by atoms with Crippen LogP contribution in [0.3, 0.4) is 0 Å². The Labute approximate surface area is 96.6 Å². The van der Waals surface area contributed by atoms with Gasteiger partial charge in [-0.1, -0.05) is 13.8 Å². The molecule has 94 valence electrons. The summed E-state index contributed by atoms with van der Waals surface area (Å²) in [7, 11) is 0. The van der Waals surface area contributed by atoms with Gasteiger partial charge in [-0.25, -0.2) is 0 Å². The van der Waals surface area contributed by atoms with Crippen molar-refractivity contribution in [1.82, 2.24) is 10.6 Å². The molecule has 0 aromatic carbocycles. The number of hydrogen-bond donors (Lipinski definition) is 3. The first-order chi connectivity index (χ1) is 7.51. The van der Waals surface area contributed by atoms with Crippen LogP contribution in [0.25, 0.3) is 0 Å². The molecule has 0 fully saturated rings. The summed E-state index contributed by atoms with van der Waals surface area (Å²) in [6.07, 6.45) is 1.21. The lowest BCUT2D eigenvalue weighted by Gasteiger charge is -2.19. The summed E-state index contributed by atoms with van der Waals surface area (Å²) in [6, 6.07) is -0.0967. The number of hydrogen-bond acceptors (Lipinski definition) is 3. The highest BCUT2D eigenvalue weighted by Gasteiger charge is 2.13. The van der Waals surface area contributed by atoms with E-state index in [1.165, 1.54) is 0 Å². The van der Waals surface area contributed by atoms with Gasteiger partial charge in [-0.2, -0.15) is 0 Å². The summed E-state index contributed by atoms with van der Waals surface area (Å²) in [4.78, 5) is 22.5. The highest BCUT2D eigenvalue weighted by atomic mass is 16.3. The highest BCUT2D eigenvalue weighted by molar-refractivity contribution is 5.84. The third-order valence-corrected chi connectivity index (χ3v) is 2.45. The molecule has 0 aromatic rings. The maximum absolute atomic E-state index is 11.4. The van der Waals surface area contributed by atoms with Crippen LogP contribution in [0.15, 0.2) is 0 Å². The summed E-state index contributed by atoms with van der Waals surface area (Å²) < 4.78 is 0. The van der Waals surface area contributed by atoms with Crippen LogP contribution in [0.2, 0.25) is 0 Å². The molecule has 0 saturated carbocycles. The van der Waals surface area contributed by atoms with Crippen LogP contribution in [-0.4, -0.2) is 36.1 Å². The van der Waals surface area contributed by atoms with Crippen molar-refractivity contribution in [3.05, 3.63) is 0 Å². The molecule has 0 heterocycles. The Balaban J connectivity index is 3.78. The molecule has 0 aliphatic carbocycles. The second kappa shape index (κ2) is 8.10. The Hall–Kier alpha value is -1.10. The molecule has 0 rings (SSSR count). The van der Waals surface area contributed by atoms with E-state index in [4.69, 9.17) is 5.11 Å². The molecule has 5 heteroatoms. The van der Waals surface area contributed by atoms with Crippen molar-refractivity contribution >= 4 is 11.8 Å². The molecule has 0 aliphatic heterocycles.